The second-order valence-corrected chi connectivity index (χ2v) is 4.65. The first-order chi connectivity index (χ1) is 8.54. The van der Waals surface area contributed by atoms with Crippen LogP contribution < -0.4 is 16.8 Å². The molecule has 7 nitrogen and oxygen atoms in total. The standard InChI is InChI=1S/C11H17N5O2/c12-9(7-1-2-7)3-11(18)15-8-4-14-16(5-8)6-10(13)17/h4-5,7,9H,1-3,6,12H2,(H2,13,17)(H,15,18). The lowest BCUT2D eigenvalue weighted by atomic mass is 10.1. The summed E-state index contributed by atoms with van der Waals surface area (Å²) in [7, 11) is 0. The first kappa shape index (κ1) is 12.6. The number of anilines is 1. The molecular weight excluding hydrogens is 234 g/mol. The topological polar surface area (TPSA) is 116 Å². The van der Waals surface area contributed by atoms with Gasteiger partial charge in [0.2, 0.25) is 11.8 Å². The highest BCUT2D eigenvalue weighted by molar-refractivity contribution is 5.90. The van der Waals surface area contributed by atoms with Gasteiger partial charge in [-0.3, -0.25) is 14.3 Å². The van der Waals surface area contributed by atoms with E-state index >= 15 is 0 Å². The van der Waals surface area contributed by atoms with E-state index in [-0.39, 0.29) is 18.5 Å². The molecule has 1 heterocycles. The van der Waals surface area contributed by atoms with Gasteiger partial charge < -0.3 is 16.8 Å². The van der Waals surface area contributed by atoms with Crippen molar-refractivity contribution in [3.05, 3.63) is 12.4 Å². The number of hydrogen-bond acceptors (Lipinski definition) is 4. The van der Waals surface area contributed by atoms with E-state index in [1.54, 1.807) is 6.20 Å². The van der Waals surface area contributed by atoms with Crippen LogP contribution in [0.2, 0.25) is 0 Å². The largest absolute Gasteiger partial charge is 0.368 e. The molecule has 7 heteroatoms. The van der Waals surface area contributed by atoms with Crippen LogP contribution >= 0.6 is 0 Å². The smallest absolute Gasteiger partial charge is 0.239 e. The lowest BCUT2D eigenvalue weighted by molar-refractivity contribution is -0.119. The summed E-state index contributed by atoms with van der Waals surface area (Å²) < 4.78 is 1.37. The Labute approximate surface area is 105 Å². The van der Waals surface area contributed by atoms with Crippen molar-refractivity contribution >= 4 is 17.5 Å². The molecule has 1 aromatic rings. The van der Waals surface area contributed by atoms with Crippen LogP contribution in [0.25, 0.3) is 0 Å². The summed E-state index contributed by atoms with van der Waals surface area (Å²) in [5.41, 5.74) is 11.4. The van der Waals surface area contributed by atoms with Crippen molar-refractivity contribution in [2.24, 2.45) is 17.4 Å². The lowest BCUT2D eigenvalue weighted by Gasteiger charge is -2.09. The molecule has 98 valence electrons. The summed E-state index contributed by atoms with van der Waals surface area (Å²) in [6.07, 6.45) is 5.58. The zero-order valence-corrected chi connectivity index (χ0v) is 10.0. The molecule has 2 rings (SSSR count). The Bertz CT molecular complexity index is 452. The minimum absolute atomic E-state index is 0.00252. The molecule has 2 amide bonds. The van der Waals surface area contributed by atoms with E-state index in [0.717, 1.165) is 12.8 Å². The fourth-order valence-corrected chi connectivity index (χ4v) is 1.79. The van der Waals surface area contributed by atoms with Gasteiger partial charge in [0, 0.05) is 18.7 Å². The maximum Gasteiger partial charge on any atom is 0.239 e. The molecule has 0 aromatic carbocycles. The van der Waals surface area contributed by atoms with Gasteiger partial charge in [0.15, 0.2) is 0 Å². The first-order valence-electron chi connectivity index (χ1n) is 5.91. The monoisotopic (exact) mass is 251 g/mol. The molecule has 1 unspecified atom stereocenters. The van der Waals surface area contributed by atoms with Crippen molar-refractivity contribution in [3.63, 3.8) is 0 Å². The third-order valence-corrected chi connectivity index (χ3v) is 2.88. The fraction of sp³-hybridized carbons (Fsp3) is 0.545. The molecule has 1 aliphatic rings. The van der Waals surface area contributed by atoms with E-state index in [2.05, 4.69) is 10.4 Å². The predicted octanol–water partition coefficient (Wildman–Crippen LogP) is -0.566. The van der Waals surface area contributed by atoms with E-state index in [1.165, 1.54) is 10.9 Å². The van der Waals surface area contributed by atoms with Crippen molar-refractivity contribution in [3.8, 4) is 0 Å². The molecular formula is C11H17N5O2. The van der Waals surface area contributed by atoms with E-state index in [0.29, 0.717) is 18.0 Å². The number of carbonyl (C=O) groups is 2. The van der Waals surface area contributed by atoms with Gasteiger partial charge in [0.25, 0.3) is 0 Å². The van der Waals surface area contributed by atoms with Gasteiger partial charge in [-0.1, -0.05) is 0 Å². The molecule has 5 N–H and O–H groups in total. The number of carbonyl (C=O) groups excluding carboxylic acids is 2. The van der Waals surface area contributed by atoms with Gasteiger partial charge in [0.05, 0.1) is 11.9 Å². The van der Waals surface area contributed by atoms with Gasteiger partial charge in [-0.15, -0.1) is 0 Å². The third kappa shape index (κ3) is 3.56. The Morgan fingerprint density at radius 2 is 2.28 bits per heavy atom. The number of primary amides is 1. The Hall–Kier alpha value is -1.89. The van der Waals surface area contributed by atoms with Crippen LogP contribution in [0.4, 0.5) is 5.69 Å². The number of nitrogens with zero attached hydrogens (tertiary/aromatic N) is 2. The molecule has 1 aromatic heterocycles. The van der Waals surface area contributed by atoms with Crippen molar-refractivity contribution < 1.29 is 9.59 Å². The summed E-state index contributed by atoms with van der Waals surface area (Å²) in [6, 6.07) is -0.0642. The quantitative estimate of drug-likeness (QED) is 0.628. The highest BCUT2D eigenvalue weighted by Crippen LogP contribution is 2.32. The lowest BCUT2D eigenvalue weighted by Crippen LogP contribution is -2.28. The van der Waals surface area contributed by atoms with Crippen LogP contribution in [-0.2, 0) is 16.1 Å². The van der Waals surface area contributed by atoms with Gasteiger partial charge in [-0.05, 0) is 18.8 Å². The van der Waals surface area contributed by atoms with Gasteiger partial charge in [0.1, 0.15) is 6.54 Å². The van der Waals surface area contributed by atoms with Crippen molar-refractivity contribution in [1.82, 2.24) is 9.78 Å². The van der Waals surface area contributed by atoms with Gasteiger partial charge in [-0.25, -0.2) is 0 Å². The van der Waals surface area contributed by atoms with Gasteiger partial charge >= 0.3 is 0 Å². The van der Waals surface area contributed by atoms with Crippen LogP contribution in [0.5, 0.6) is 0 Å². The predicted molar refractivity (Wildman–Crippen MR) is 65.4 cm³/mol. The number of amides is 2. The SMILES string of the molecule is NC(=O)Cn1cc(NC(=O)CC(N)C2CC2)cn1. The highest BCUT2D eigenvalue weighted by atomic mass is 16.2. The van der Waals surface area contributed by atoms with Crippen molar-refractivity contribution in [2.45, 2.75) is 31.8 Å². The average Bonchev–Trinajstić information content (AvgIpc) is 3.02. The Morgan fingerprint density at radius 1 is 1.56 bits per heavy atom. The van der Waals surface area contributed by atoms with E-state index < -0.39 is 5.91 Å². The second kappa shape index (κ2) is 5.18. The van der Waals surface area contributed by atoms with Crippen LogP contribution in [0.3, 0.4) is 0 Å². The van der Waals surface area contributed by atoms with Crippen LogP contribution in [0, 0.1) is 5.92 Å². The van der Waals surface area contributed by atoms with Crippen molar-refractivity contribution in [2.75, 3.05) is 5.32 Å². The molecule has 0 bridgehead atoms. The molecule has 18 heavy (non-hydrogen) atoms. The molecule has 1 aliphatic carbocycles. The number of aromatic nitrogens is 2. The Kier molecular flexibility index (Phi) is 3.61. The zero-order valence-electron chi connectivity index (χ0n) is 10.0. The molecule has 0 saturated heterocycles. The van der Waals surface area contributed by atoms with E-state index in [4.69, 9.17) is 11.5 Å². The zero-order chi connectivity index (χ0) is 13.1. The summed E-state index contributed by atoms with van der Waals surface area (Å²) in [5, 5.41) is 6.60. The van der Waals surface area contributed by atoms with Crippen molar-refractivity contribution in [1.29, 1.82) is 0 Å². The maximum absolute atomic E-state index is 11.7. The minimum atomic E-state index is -0.480. The van der Waals surface area contributed by atoms with E-state index in [9.17, 15) is 9.59 Å². The minimum Gasteiger partial charge on any atom is -0.368 e. The van der Waals surface area contributed by atoms with E-state index in [1.807, 2.05) is 0 Å². The molecule has 0 aliphatic heterocycles. The molecule has 1 saturated carbocycles. The average molecular weight is 251 g/mol. The molecule has 1 fully saturated rings. The van der Waals surface area contributed by atoms with Crippen LogP contribution in [0.1, 0.15) is 19.3 Å². The first-order valence-corrected chi connectivity index (χ1v) is 5.91. The molecule has 0 radical (unpaired) electrons. The number of nitrogens with one attached hydrogen (secondary N) is 1. The summed E-state index contributed by atoms with van der Waals surface area (Å²) in [6.45, 7) is -0.00252. The number of nitrogens with two attached hydrogens (primary N) is 2. The summed E-state index contributed by atoms with van der Waals surface area (Å²) >= 11 is 0. The summed E-state index contributed by atoms with van der Waals surface area (Å²) in [4.78, 5) is 22.4. The maximum atomic E-state index is 11.7. The van der Waals surface area contributed by atoms with Crippen LogP contribution in [-0.4, -0.2) is 27.6 Å². The second-order valence-electron chi connectivity index (χ2n) is 4.65. The molecule has 1 atom stereocenters. The summed E-state index contributed by atoms with van der Waals surface area (Å²) in [5.74, 6) is -0.118. The van der Waals surface area contributed by atoms with Crippen LogP contribution in [0.15, 0.2) is 12.4 Å². The van der Waals surface area contributed by atoms with Gasteiger partial charge in [-0.2, -0.15) is 5.10 Å². The Balaban J connectivity index is 1.82. The Morgan fingerprint density at radius 3 is 2.89 bits per heavy atom. The third-order valence-electron chi connectivity index (χ3n) is 2.88. The highest BCUT2D eigenvalue weighted by Gasteiger charge is 2.29. The number of hydrogen-bond donors (Lipinski definition) is 3. The fourth-order valence-electron chi connectivity index (χ4n) is 1.79. The number of rotatable bonds is 6. The molecule has 0 spiro atoms. The normalized spacial score (nSPS) is 16.3.